The van der Waals surface area contributed by atoms with Gasteiger partial charge in [-0.2, -0.15) is 0 Å². The van der Waals surface area contributed by atoms with Gasteiger partial charge in [-0.15, -0.1) is 0 Å². The van der Waals surface area contributed by atoms with E-state index in [1.807, 2.05) is 56.1 Å². The number of ether oxygens (including phenoxy) is 1. The van der Waals surface area contributed by atoms with E-state index in [-0.39, 0.29) is 27.5 Å². The van der Waals surface area contributed by atoms with Crippen molar-refractivity contribution in [3.05, 3.63) is 80.0 Å². The van der Waals surface area contributed by atoms with E-state index >= 15 is 0 Å². The van der Waals surface area contributed by atoms with E-state index in [0.717, 1.165) is 10.1 Å². The van der Waals surface area contributed by atoms with Gasteiger partial charge in [-0.1, -0.05) is 48.9 Å². The third kappa shape index (κ3) is 6.02. The molecule has 2 heterocycles. The fraction of sp³-hybridized carbons (Fsp3) is 0.357. The SMILES string of the molecule is CCCn1c(=O)n(C)c(=O)c2[nH]c(-c3cc(S(=O)(=O)NCCN(C)Cc4ccccc4)ccc3OCC)c(Cl)c21. The molecule has 4 aromatic rings. The number of sulfonamides is 1. The normalized spacial score (nSPS) is 11.9. The highest BCUT2D eigenvalue weighted by Crippen LogP contribution is 2.39. The molecule has 12 heteroatoms. The third-order valence-electron chi connectivity index (χ3n) is 6.58. The van der Waals surface area contributed by atoms with Crippen LogP contribution in [0, 0.1) is 0 Å². The number of aromatic nitrogens is 3. The van der Waals surface area contributed by atoms with Crippen molar-refractivity contribution < 1.29 is 13.2 Å². The lowest BCUT2D eigenvalue weighted by atomic mass is 10.1. The van der Waals surface area contributed by atoms with Gasteiger partial charge in [-0.25, -0.2) is 17.9 Å². The van der Waals surface area contributed by atoms with Gasteiger partial charge in [0.1, 0.15) is 11.3 Å². The van der Waals surface area contributed by atoms with E-state index in [1.54, 1.807) is 6.07 Å². The standard InChI is InChI=1S/C28H34ClN5O5S/c1-5-15-34-26-23(29)24(31-25(26)27(35)33(4)28(34)36)21-17-20(12-13-22(21)39-6-2)40(37,38)30-14-16-32(3)18-19-10-8-7-9-11-19/h7-13,17,30-31H,5-6,14-16,18H2,1-4H3. The molecule has 214 valence electrons. The van der Waals surface area contributed by atoms with Gasteiger partial charge in [0.2, 0.25) is 10.0 Å². The Morgan fingerprint density at radius 2 is 1.82 bits per heavy atom. The van der Waals surface area contributed by atoms with E-state index in [2.05, 4.69) is 9.71 Å². The van der Waals surface area contributed by atoms with Crippen LogP contribution in [0.2, 0.25) is 5.02 Å². The van der Waals surface area contributed by atoms with Crippen LogP contribution in [0.3, 0.4) is 0 Å². The number of H-pyrrole nitrogens is 1. The lowest BCUT2D eigenvalue weighted by Crippen LogP contribution is -2.38. The Hall–Kier alpha value is -3.38. The summed E-state index contributed by atoms with van der Waals surface area (Å²) in [7, 11) is -0.546. The Bertz CT molecular complexity index is 1730. The second kappa shape index (κ2) is 12.4. The Kier molecular flexibility index (Phi) is 9.19. The first kappa shape index (κ1) is 29.6. The Morgan fingerprint density at radius 3 is 2.50 bits per heavy atom. The maximum atomic E-state index is 13.3. The summed E-state index contributed by atoms with van der Waals surface area (Å²) in [5.41, 5.74) is 1.24. The van der Waals surface area contributed by atoms with E-state index in [1.165, 1.54) is 23.7 Å². The van der Waals surface area contributed by atoms with Crippen LogP contribution >= 0.6 is 11.6 Å². The molecule has 0 spiro atoms. The highest BCUT2D eigenvalue weighted by molar-refractivity contribution is 7.89. The number of fused-ring (bicyclic) bond motifs is 1. The largest absolute Gasteiger partial charge is 0.493 e. The maximum Gasteiger partial charge on any atom is 0.331 e. The van der Waals surface area contributed by atoms with Crippen LogP contribution in [0.1, 0.15) is 25.8 Å². The van der Waals surface area contributed by atoms with Crippen molar-refractivity contribution in [2.75, 3.05) is 26.7 Å². The van der Waals surface area contributed by atoms with Gasteiger partial charge in [0.05, 0.1) is 27.7 Å². The molecular weight excluding hydrogens is 554 g/mol. The van der Waals surface area contributed by atoms with Crippen molar-refractivity contribution in [2.24, 2.45) is 7.05 Å². The van der Waals surface area contributed by atoms with Gasteiger partial charge >= 0.3 is 5.69 Å². The number of rotatable bonds is 12. The molecule has 0 saturated carbocycles. The number of benzene rings is 2. The highest BCUT2D eigenvalue weighted by Gasteiger charge is 2.24. The number of hydrogen-bond donors (Lipinski definition) is 2. The molecule has 10 nitrogen and oxygen atoms in total. The van der Waals surface area contributed by atoms with Crippen LogP contribution in [-0.4, -0.2) is 54.2 Å². The molecule has 2 aromatic carbocycles. The molecule has 0 amide bonds. The van der Waals surface area contributed by atoms with Crippen molar-refractivity contribution in [3.8, 4) is 17.0 Å². The van der Waals surface area contributed by atoms with E-state index in [4.69, 9.17) is 16.3 Å². The van der Waals surface area contributed by atoms with Crippen molar-refractivity contribution >= 4 is 32.7 Å². The van der Waals surface area contributed by atoms with E-state index in [0.29, 0.717) is 49.7 Å². The number of nitrogens with zero attached hydrogens (tertiary/aromatic N) is 3. The van der Waals surface area contributed by atoms with Gasteiger partial charge in [0.15, 0.2) is 0 Å². The van der Waals surface area contributed by atoms with E-state index < -0.39 is 21.3 Å². The quantitative estimate of drug-likeness (QED) is 0.262. The molecule has 0 aliphatic carbocycles. The predicted molar refractivity (Wildman–Crippen MR) is 158 cm³/mol. The van der Waals surface area contributed by atoms with Crippen LogP contribution in [0.4, 0.5) is 0 Å². The fourth-order valence-electron chi connectivity index (χ4n) is 4.60. The number of hydrogen-bond acceptors (Lipinski definition) is 6. The molecule has 0 bridgehead atoms. The molecule has 40 heavy (non-hydrogen) atoms. The van der Waals surface area contributed by atoms with Crippen molar-refractivity contribution in [1.29, 1.82) is 0 Å². The summed E-state index contributed by atoms with van der Waals surface area (Å²) in [4.78, 5) is 30.9. The number of aromatic amines is 1. The molecule has 0 saturated heterocycles. The Labute approximate surface area is 238 Å². The van der Waals surface area contributed by atoms with Crippen LogP contribution in [0.5, 0.6) is 5.75 Å². The first-order chi connectivity index (χ1) is 19.1. The smallest absolute Gasteiger partial charge is 0.331 e. The zero-order chi connectivity index (χ0) is 29.0. The first-order valence-corrected chi connectivity index (χ1v) is 15.0. The fourth-order valence-corrected chi connectivity index (χ4v) is 6.00. The summed E-state index contributed by atoms with van der Waals surface area (Å²) in [6, 6.07) is 14.4. The first-order valence-electron chi connectivity index (χ1n) is 13.1. The molecular formula is C28H34ClN5O5S. The summed E-state index contributed by atoms with van der Waals surface area (Å²) in [5.74, 6) is 0.388. The summed E-state index contributed by atoms with van der Waals surface area (Å²) < 4.78 is 37.4. The summed E-state index contributed by atoms with van der Waals surface area (Å²) in [6.07, 6.45) is 0.647. The molecule has 2 aromatic heterocycles. The minimum absolute atomic E-state index is 0.0187. The summed E-state index contributed by atoms with van der Waals surface area (Å²) in [6.45, 7) is 5.81. The van der Waals surface area contributed by atoms with Gasteiger partial charge < -0.3 is 14.6 Å². The molecule has 2 N–H and O–H groups in total. The molecule has 0 aliphatic rings. The summed E-state index contributed by atoms with van der Waals surface area (Å²) in [5, 5.41) is 0.143. The molecule has 4 rings (SSSR count). The van der Waals surface area contributed by atoms with Crippen LogP contribution in [0.15, 0.2) is 63.0 Å². The summed E-state index contributed by atoms with van der Waals surface area (Å²) >= 11 is 6.79. The lowest BCUT2D eigenvalue weighted by Gasteiger charge is -2.17. The van der Waals surface area contributed by atoms with Crippen molar-refractivity contribution in [1.82, 2.24) is 23.7 Å². The average molecular weight is 588 g/mol. The zero-order valence-corrected chi connectivity index (χ0v) is 24.6. The van der Waals surface area contributed by atoms with Gasteiger partial charge in [-0.3, -0.25) is 13.9 Å². The topological polar surface area (TPSA) is 118 Å². The number of likely N-dealkylation sites (N-methyl/N-ethyl adjacent to an activating group) is 1. The van der Waals surface area contributed by atoms with E-state index in [9.17, 15) is 18.0 Å². The van der Waals surface area contributed by atoms with Gasteiger partial charge in [0, 0.05) is 38.8 Å². The second-order valence-electron chi connectivity index (χ2n) is 9.55. The minimum atomic E-state index is -3.88. The maximum absolute atomic E-state index is 13.3. The third-order valence-corrected chi connectivity index (χ3v) is 8.41. The van der Waals surface area contributed by atoms with Gasteiger partial charge in [-0.05, 0) is 44.2 Å². The van der Waals surface area contributed by atoms with Gasteiger partial charge in [0.25, 0.3) is 5.56 Å². The molecule has 0 aliphatic heterocycles. The zero-order valence-electron chi connectivity index (χ0n) is 23.0. The Balaban J connectivity index is 1.68. The van der Waals surface area contributed by atoms with Crippen LogP contribution in [-0.2, 0) is 30.2 Å². The Morgan fingerprint density at radius 1 is 1.10 bits per heavy atom. The highest BCUT2D eigenvalue weighted by atomic mass is 35.5. The van der Waals surface area contributed by atoms with Crippen LogP contribution < -0.4 is 20.7 Å². The van der Waals surface area contributed by atoms with Crippen molar-refractivity contribution in [2.45, 2.75) is 38.3 Å². The lowest BCUT2D eigenvalue weighted by molar-refractivity contribution is 0.332. The predicted octanol–water partition coefficient (Wildman–Crippen LogP) is 3.57. The molecule has 0 atom stereocenters. The number of halogens is 1. The monoisotopic (exact) mass is 587 g/mol. The molecule has 0 unspecified atom stereocenters. The second-order valence-corrected chi connectivity index (χ2v) is 11.7. The average Bonchev–Trinajstić information content (AvgIpc) is 3.27. The van der Waals surface area contributed by atoms with Crippen molar-refractivity contribution in [3.63, 3.8) is 0 Å². The number of aryl methyl sites for hydroxylation is 1. The minimum Gasteiger partial charge on any atom is -0.493 e. The van der Waals surface area contributed by atoms with Crippen LogP contribution in [0.25, 0.3) is 22.3 Å². The molecule has 0 radical (unpaired) electrons. The number of nitrogens with one attached hydrogen (secondary N) is 2. The molecule has 0 fully saturated rings.